The first-order valence-electron chi connectivity index (χ1n) is 5.82. The molecule has 0 radical (unpaired) electrons. The molecular weight excluding hydrogens is 285 g/mol. The van der Waals surface area contributed by atoms with Gasteiger partial charge in [0, 0.05) is 6.54 Å². The Hall–Kier alpha value is -1.07. The molecule has 0 amide bonds. The number of carbonyl (C=O) groups is 1. The van der Waals surface area contributed by atoms with Crippen LogP contribution in [0, 0.1) is 0 Å². The van der Waals surface area contributed by atoms with E-state index < -0.39 is 13.1 Å². The van der Waals surface area contributed by atoms with Gasteiger partial charge in [-0.15, -0.1) is 4.52 Å². The number of nitrogens with two attached hydrogens (primary N) is 1. The van der Waals surface area contributed by atoms with E-state index >= 15 is 0 Å². The predicted octanol–water partition coefficient (Wildman–Crippen LogP) is 2.38. The van der Waals surface area contributed by atoms with Crippen LogP contribution in [0.5, 0.6) is 5.75 Å². The molecule has 5 nitrogen and oxygen atoms in total. The van der Waals surface area contributed by atoms with Crippen molar-refractivity contribution < 1.29 is 18.6 Å². The summed E-state index contributed by atoms with van der Waals surface area (Å²) in [5.74, 6) is -0.0749. The lowest BCUT2D eigenvalue weighted by molar-refractivity contribution is 0.0376. The highest BCUT2D eigenvalue weighted by atomic mass is 32.4. The molecule has 0 aromatic heterocycles. The van der Waals surface area contributed by atoms with E-state index in [2.05, 4.69) is 0 Å². The van der Waals surface area contributed by atoms with Crippen LogP contribution in [0.3, 0.4) is 0 Å². The molecule has 0 heterocycles. The Labute approximate surface area is 118 Å². The molecule has 2 N–H and O–H groups in total. The Kier molecular flexibility index (Phi) is 6.87. The number of hydrogen-bond donors (Lipinski definition) is 1. The fraction of sp³-hybridized carbons (Fsp3) is 0.417. The van der Waals surface area contributed by atoms with E-state index in [4.69, 9.17) is 31.3 Å². The Morgan fingerprint density at radius 2 is 2.11 bits per heavy atom. The Morgan fingerprint density at radius 3 is 2.74 bits per heavy atom. The standard InChI is InChI=1S/C12H17NO4PS/c1-9(2)16-12(14)10-5-3-4-6-11(10)17-18(19)15-8-7-13/h3-6,9H,7-8,13H2,1-2H3/q+1. The predicted molar refractivity (Wildman–Crippen MR) is 76.9 cm³/mol. The zero-order valence-corrected chi connectivity index (χ0v) is 12.6. The minimum absolute atomic E-state index is 0.195. The second kappa shape index (κ2) is 8.17. The molecule has 7 heteroatoms. The number of rotatable bonds is 7. The molecule has 104 valence electrons. The maximum atomic E-state index is 11.9. The van der Waals surface area contributed by atoms with Crippen LogP contribution in [-0.2, 0) is 21.1 Å². The molecule has 1 rings (SSSR count). The van der Waals surface area contributed by atoms with Crippen LogP contribution in [-0.4, -0.2) is 25.2 Å². The summed E-state index contributed by atoms with van der Waals surface area (Å²) in [4.78, 5) is 11.9. The molecule has 0 aliphatic rings. The molecule has 0 bridgehead atoms. The second-order valence-corrected chi connectivity index (χ2v) is 5.67. The van der Waals surface area contributed by atoms with E-state index in [9.17, 15) is 4.79 Å². The Morgan fingerprint density at radius 1 is 1.42 bits per heavy atom. The lowest BCUT2D eigenvalue weighted by Crippen LogP contribution is -2.12. The minimum Gasteiger partial charge on any atom is -0.459 e. The minimum atomic E-state index is -1.53. The van der Waals surface area contributed by atoms with Gasteiger partial charge < -0.3 is 10.5 Å². The van der Waals surface area contributed by atoms with Gasteiger partial charge in [0.15, 0.2) is 0 Å². The Bertz CT molecular complexity index is 453. The van der Waals surface area contributed by atoms with Crippen molar-refractivity contribution in [1.82, 2.24) is 0 Å². The summed E-state index contributed by atoms with van der Waals surface area (Å²) in [5.41, 5.74) is 5.65. The fourth-order valence-electron chi connectivity index (χ4n) is 1.23. The highest BCUT2D eigenvalue weighted by molar-refractivity contribution is 8.00. The first kappa shape index (κ1) is 16.0. The summed E-state index contributed by atoms with van der Waals surface area (Å²) in [5, 5.41) is 0. The number of ether oxygens (including phenoxy) is 1. The summed E-state index contributed by atoms with van der Waals surface area (Å²) in [7, 11) is -1.53. The van der Waals surface area contributed by atoms with E-state index in [0.29, 0.717) is 24.5 Å². The molecule has 0 spiro atoms. The zero-order chi connectivity index (χ0) is 14.3. The molecule has 0 aliphatic carbocycles. The molecule has 1 atom stereocenters. The number of para-hydroxylation sites is 1. The second-order valence-electron chi connectivity index (χ2n) is 3.89. The van der Waals surface area contributed by atoms with Gasteiger partial charge in [-0.1, -0.05) is 12.1 Å². The van der Waals surface area contributed by atoms with Crippen LogP contribution in [0.4, 0.5) is 0 Å². The van der Waals surface area contributed by atoms with Crippen LogP contribution in [0.1, 0.15) is 24.2 Å². The van der Waals surface area contributed by atoms with Gasteiger partial charge in [-0.3, -0.25) is 0 Å². The highest BCUT2D eigenvalue weighted by Crippen LogP contribution is 2.31. The van der Waals surface area contributed by atoms with Crippen molar-refractivity contribution in [2.75, 3.05) is 13.2 Å². The number of benzene rings is 1. The summed E-state index contributed by atoms with van der Waals surface area (Å²) in [6, 6.07) is 6.77. The van der Waals surface area contributed by atoms with Gasteiger partial charge >= 0.3 is 13.1 Å². The van der Waals surface area contributed by atoms with Crippen LogP contribution >= 0.6 is 7.15 Å². The third-order valence-corrected chi connectivity index (χ3v) is 3.22. The average Bonchev–Trinajstić information content (AvgIpc) is 2.36. The van der Waals surface area contributed by atoms with E-state index in [1.165, 1.54) is 0 Å². The maximum absolute atomic E-state index is 11.9. The highest BCUT2D eigenvalue weighted by Gasteiger charge is 2.22. The van der Waals surface area contributed by atoms with Crippen molar-refractivity contribution in [2.24, 2.45) is 5.73 Å². The van der Waals surface area contributed by atoms with Crippen molar-refractivity contribution in [3.8, 4) is 5.75 Å². The van der Waals surface area contributed by atoms with Gasteiger partial charge in [-0.2, -0.15) is 0 Å². The van der Waals surface area contributed by atoms with Crippen molar-refractivity contribution >= 4 is 24.9 Å². The van der Waals surface area contributed by atoms with Crippen LogP contribution in [0.25, 0.3) is 0 Å². The zero-order valence-electron chi connectivity index (χ0n) is 10.9. The van der Waals surface area contributed by atoms with Crippen molar-refractivity contribution in [2.45, 2.75) is 20.0 Å². The fourth-order valence-corrected chi connectivity index (χ4v) is 2.32. The van der Waals surface area contributed by atoms with Gasteiger partial charge in [0.25, 0.3) is 0 Å². The van der Waals surface area contributed by atoms with Gasteiger partial charge in [0.05, 0.1) is 6.10 Å². The van der Waals surface area contributed by atoms with E-state index in [1.54, 1.807) is 38.1 Å². The molecule has 1 aromatic carbocycles. The lowest BCUT2D eigenvalue weighted by atomic mass is 10.2. The SMILES string of the molecule is CC(C)OC(=O)c1ccccc1O[P+](=S)OCCN. The van der Waals surface area contributed by atoms with Crippen molar-refractivity contribution in [3.05, 3.63) is 29.8 Å². The number of carbonyl (C=O) groups excluding carboxylic acids is 1. The molecule has 1 aromatic rings. The maximum Gasteiger partial charge on any atom is 0.573 e. The van der Waals surface area contributed by atoms with E-state index in [-0.39, 0.29) is 6.10 Å². The molecule has 1 unspecified atom stereocenters. The summed E-state index contributed by atoms with van der Waals surface area (Å²) < 4.78 is 15.8. The van der Waals surface area contributed by atoms with Gasteiger partial charge in [-0.05, 0) is 26.0 Å². The van der Waals surface area contributed by atoms with Gasteiger partial charge in [0.1, 0.15) is 12.2 Å². The first-order valence-corrected chi connectivity index (χ1v) is 8.02. The van der Waals surface area contributed by atoms with E-state index in [0.717, 1.165) is 0 Å². The van der Waals surface area contributed by atoms with Gasteiger partial charge in [0.2, 0.25) is 17.6 Å². The topological polar surface area (TPSA) is 70.8 Å². The molecule has 0 fully saturated rings. The molecule has 0 aliphatic heterocycles. The molecule has 19 heavy (non-hydrogen) atoms. The summed E-state index contributed by atoms with van der Waals surface area (Å²) >= 11 is 5.03. The van der Waals surface area contributed by atoms with Crippen LogP contribution in [0.2, 0.25) is 0 Å². The van der Waals surface area contributed by atoms with E-state index in [1.807, 2.05) is 0 Å². The normalized spacial score (nSPS) is 11.3. The van der Waals surface area contributed by atoms with Crippen LogP contribution < -0.4 is 10.3 Å². The summed E-state index contributed by atoms with van der Waals surface area (Å²) in [6.45, 7) is 4.26. The number of hydrogen-bond acceptors (Lipinski definition) is 6. The smallest absolute Gasteiger partial charge is 0.459 e. The van der Waals surface area contributed by atoms with Gasteiger partial charge in [-0.25, -0.2) is 9.32 Å². The van der Waals surface area contributed by atoms with Crippen molar-refractivity contribution in [3.63, 3.8) is 0 Å². The Balaban J connectivity index is 2.78. The monoisotopic (exact) mass is 302 g/mol. The van der Waals surface area contributed by atoms with Crippen molar-refractivity contribution in [1.29, 1.82) is 0 Å². The summed E-state index contributed by atoms with van der Waals surface area (Å²) in [6.07, 6.45) is -0.195. The average molecular weight is 302 g/mol. The molecular formula is C12H17NO4PS+. The third kappa shape index (κ3) is 5.61. The largest absolute Gasteiger partial charge is 0.573 e. The third-order valence-electron chi connectivity index (χ3n) is 1.94. The molecule has 0 saturated heterocycles. The lowest BCUT2D eigenvalue weighted by Gasteiger charge is -2.08. The molecule has 0 saturated carbocycles. The quantitative estimate of drug-likeness (QED) is 0.616. The van der Waals surface area contributed by atoms with Crippen LogP contribution in [0.15, 0.2) is 24.3 Å². The first-order chi connectivity index (χ1) is 9.04. The number of esters is 1.